The minimum atomic E-state index is 0.281. The number of methoxy groups -OCH3 is 1. The van der Waals surface area contributed by atoms with Crippen molar-refractivity contribution in [1.29, 1.82) is 0 Å². The van der Waals surface area contributed by atoms with Gasteiger partial charge in [0.1, 0.15) is 0 Å². The van der Waals surface area contributed by atoms with Gasteiger partial charge in [-0.3, -0.25) is 0 Å². The molecule has 146 valence electrons. The first kappa shape index (κ1) is 20.2. The summed E-state index contributed by atoms with van der Waals surface area (Å²) in [7, 11) is 1.64. The Kier molecular flexibility index (Phi) is 6.57. The quantitative estimate of drug-likeness (QED) is 0.347. The molecule has 2 aromatic carbocycles. The third-order valence-electron chi connectivity index (χ3n) is 4.28. The van der Waals surface area contributed by atoms with Crippen LogP contribution < -0.4 is 9.47 Å². The maximum absolute atomic E-state index is 6.07. The number of nitrogens with zero attached hydrogens (tertiary/aromatic N) is 2. The summed E-state index contributed by atoms with van der Waals surface area (Å²) in [6.07, 6.45) is 0. The molecular formula is C23H26N2O2S. The monoisotopic (exact) mass is 394 g/mol. The van der Waals surface area contributed by atoms with Crippen LogP contribution in [0.2, 0.25) is 0 Å². The summed E-state index contributed by atoms with van der Waals surface area (Å²) < 4.78 is 11.5. The van der Waals surface area contributed by atoms with Gasteiger partial charge in [-0.2, -0.15) is 4.98 Å². The van der Waals surface area contributed by atoms with E-state index in [-0.39, 0.29) is 5.92 Å². The van der Waals surface area contributed by atoms with Crippen LogP contribution in [-0.2, 0) is 5.75 Å². The summed E-state index contributed by atoms with van der Waals surface area (Å²) in [5, 5.41) is 0.716. The van der Waals surface area contributed by atoms with Crippen molar-refractivity contribution in [3.8, 4) is 17.4 Å². The van der Waals surface area contributed by atoms with E-state index in [0.717, 1.165) is 17.0 Å². The summed E-state index contributed by atoms with van der Waals surface area (Å²) in [5.41, 5.74) is 4.59. The van der Waals surface area contributed by atoms with Gasteiger partial charge in [-0.25, -0.2) is 4.98 Å². The number of hydrogen-bond donors (Lipinski definition) is 0. The highest BCUT2D eigenvalue weighted by atomic mass is 32.2. The van der Waals surface area contributed by atoms with Gasteiger partial charge in [0.05, 0.1) is 12.8 Å². The SMILES string of the molecule is COc1cc(C)ccc1Oc1cc(C(C)C)nc(SCc2cccc(C)c2)n1. The third kappa shape index (κ3) is 5.26. The summed E-state index contributed by atoms with van der Waals surface area (Å²) in [4.78, 5) is 9.33. The minimum Gasteiger partial charge on any atom is -0.493 e. The maximum atomic E-state index is 6.07. The van der Waals surface area contributed by atoms with E-state index >= 15 is 0 Å². The van der Waals surface area contributed by atoms with Crippen LogP contribution >= 0.6 is 11.8 Å². The first-order chi connectivity index (χ1) is 13.4. The van der Waals surface area contributed by atoms with E-state index in [4.69, 9.17) is 14.5 Å². The highest BCUT2D eigenvalue weighted by molar-refractivity contribution is 7.98. The van der Waals surface area contributed by atoms with Crippen molar-refractivity contribution in [2.24, 2.45) is 0 Å². The molecule has 0 amide bonds. The van der Waals surface area contributed by atoms with E-state index in [0.29, 0.717) is 22.5 Å². The van der Waals surface area contributed by atoms with Crippen LogP contribution in [0.3, 0.4) is 0 Å². The van der Waals surface area contributed by atoms with E-state index in [1.165, 1.54) is 11.1 Å². The van der Waals surface area contributed by atoms with Crippen LogP contribution in [-0.4, -0.2) is 17.1 Å². The molecule has 0 aliphatic heterocycles. The zero-order valence-electron chi connectivity index (χ0n) is 17.0. The molecule has 4 nitrogen and oxygen atoms in total. The first-order valence-electron chi connectivity index (χ1n) is 9.34. The first-order valence-corrected chi connectivity index (χ1v) is 10.3. The topological polar surface area (TPSA) is 44.2 Å². The number of benzene rings is 2. The van der Waals surface area contributed by atoms with E-state index in [1.807, 2.05) is 31.2 Å². The van der Waals surface area contributed by atoms with Crippen molar-refractivity contribution in [2.45, 2.75) is 44.5 Å². The molecule has 0 atom stereocenters. The molecule has 3 aromatic rings. The van der Waals surface area contributed by atoms with Crippen LogP contribution in [0.15, 0.2) is 53.7 Å². The maximum Gasteiger partial charge on any atom is 0.223 e. The normalized spacial score (nSPS) is 10.9. The Morgan fingerprint density at radius 1 is 0.929 bits per heavy atom. The Morgan fingerprint density at radius 3 is 2.43 bits per heavy atom. The molecule has 0 radical (unpaired) electrons. The number of rotatable bonds is 7. The van der Waals surface area contributed by atoms with Gasteiger partial charge < -0.3 is 9.47 Å². The smallest absolute Gasteiger partial charge is 0.223 e. The Balaban J connectivity index is 1.85. The van der Waals surface area contributed by atoms with Crippen molar-refractivity contribution in [2.75, 3.05) is 7.11 Å². The molecule has 28 heavy (non-hydrogen) atoms. The van der Waals surface area contributed by atoms with Crippen LogP contribution in [0.5, 0.6) is 17.4 Å². The van der Waals surface area contributed by atoms with Gasteiger partial charge >= 0.3 is 0 Å². The second-order valence-corrected chi connectivity index (χ2v) is 8.04. The Labute approximate surface area is 171 Å². The van der Waals surface area contributed by atoms with Crippen molar-refractivity contribution in [3.63, 3.8) is 0 Å². The average Bonchev–Trinajstić information content (AvgIpc) is 2.67. The molecule has 0 saturated heterocycles. The molecular weight excluding hydrogens is 368 g/mol. The van der Waals surface area contributed by atoms with Crippen LogP contribution in [0.25, 0.3) is 0 Å². The van der Waals surface area contributed by atoms with Crippen LogP contribution in [0.1, 0.15) is 42.1 Å². The molecule has 0 aliphatic carbocycles. The van der Waals surface area contributed by atoms with Crippen molar-refractivity contribution in [1.82, 2.24) is 9.97 Å². The molecule has 0 spiro atoms. The summed E-state index contributed by atoms with van der Waals surface area (Å²) in [6, 6.07) is 16.3. The number of ether oxygens (including phenoxy) is 2. The van der Waals surface area contributed by atoms with E-state index in [1.54, 1.807) is 18.9 Å². The molecule has 5 heteroatoms. The van der Waals surface area contributed by atoms with Gasteiger partial charge in [0.25, 0.3) is 0 Å². The standard InChI is InChI=1S/C23H26N2O2S/c1-15(2)19-13-22(27-20-10-9-17(4)12-21(20)26-5)25-23(24-19)28-14-18-8-6-7-16(3)11-18/h6-13,15H,14H2,1-5H3. The van der Waals surface area contributed by atoms with Gasteiger partial charge in [-0.05, 0) is 43.0 Å². The van der Waals surface area contributed by atoms with Crippen molar-refractivity contribution >= 4 is 11.8 Å². The van der Waals surface area contributed by atoms with Gasteiger partial charge in [0, 0.05) is 11.8 Å². The molecule has 0 fully saturated rings. The fourth-order valence-corrected chi connectivity index (χ4v) is 3.55. The largest absolute Gasteiger partial charge is 0.493 e. The fraction of sp³-hybridized carbons (Fsp3) is 0.304. The van der Waals surface area contributed by atoms with Gasteiger partial charge in [0.15, 0.2) is 16.7 Å². The number of hydrogen-bond acceptors (Lipinski definition) is 5. The average molecular weight is 395 g/mol. The Bertz CT molecular complexity index is 957. The molecule has 0 bridgehead atoms. The summed E-state index contributed by atoms with van der Waals surface area (Å²) >= 11 is 1.62. The second-order valence-electron chi connectivity index (χ2n) is 7.10. The number of thioether (sulfide) groups is 1. The van der Waals surface area contributed by atoms with Gasteiger partial charge in [-0.1, -0.05) is 61.5 Å². The Hall–Kier alpha value is -2.53. The van der Waals surface area contributed by atoms with Gasteiger partial charge in [-0.15, -0.1) is 0 Å². The lowest BCUT2D eigenvalue weighted by Gasteiger charge is -2.13. The van der Waals surface area contributed by atoms with Gasteiger partial charge in [0.2, 0.25) is 5.88 Å². The highest BCUT2D eigenvalue weighted by Gasteiger charge is 2.13. The summed E-state index contributed by atoms with van der Waals surface area (Å²) in [5.74, 6) is 2.97. The summed E-state index contributed by atoms with van der Waals surface area (Å²) in [6.45, 7) is 8.36. The molecule has 0 aliphatic rings. The minimum absolute atomic E-state index is 0.281. The lowest BCUT2D eigenvalue weighted by molar-refractivity contribution is 0.371. The van der Waals surface area contributed by atoms with E-state index < -0.39 is 0 Å². The zero-order valence-corrected chi connectivity index (χ0v) is 17.8. The zero-order chi connectivity index (χ0) is 20.1. The molecule has 0 N–H and O–H groups in total. The number of aromatic nitrogens is 2. The van der Waals surface area contributed by atoms with E-state index in [2.05, 4.69) is 50.0 Å². The fourth-order valence-electron chi connectivity index (χ4n) is 2.75. The number of aryl methyl sites for hydroxylation is 2. The lowest BCUT2D eigenvalue weighted by Crippen LogP contribution is -2.00. The molecule has 0 saturated carbocycles. The molecule has 1 heterocycles. The lowest BCUT2D eigenvalue weighted by atomic mass is 10.1. The third-order valence-corrected chi connectivity index (χ3v) is 5.20. The Morgan fingerprint density at radius 2 is 1.71 bits per heavy atom. The molecule has 0 unspecified atom stereocenters. The van der Waals surface area contributed by atoms with Crippen molar-refractivity contribution in [3.05, 3.63) is 70.9 Å². The van der Waals surface area contributed by atoms with Crippen molar-refractivity contribution < 1.29 is 9.47 Å². The van der Waals surface area contributed by atoms with Crippen LogP contribution in [0, 0.1) is 13.8 Å². The molecule has 1 aromatic heterocycles. The molecule has 3 rings (SSSR count). The predicted octanol–water partition coefficient (Wildman–Crippen LogP) is 6.31. The second kappa shape index (κ2) is 9.11. The predicted molar refractivity (Wildman–Crippen MR) is 115 cm³/mol. The highest BCUT2D eigenvalue weighted by Crippen LogP contribution is 2.33. The van der Waals surface area contributed by atoms with Crippen LogP contribution in [0.4, 0.5) is 0 Å². The van der Waals surface area contributed by atoms with E-state index in [9.17, 15) is 0 Å².